The molecule has 0 N–H and O–H groups in total. The van der Waals surface area contributed by atoms with E-state index in [2.05, 4.69) is 34.1 Å². The van der Waals surface area contributed by atoms with Gasteiger partial charge in [0.05, 0.1) is 11.9 Å². The summed E-state index contributed by atoms with van der Waals surface area (Å²) >= 11 is 0. The molecule has 0 bridgehead atoms. The summed E-state index contributed by atoms with van der Waals surface area (Å²) in [6, 6.07) is 12.5. The zero-order valence-electron chi connectivity index (χ0n) is 12.4. The first-order valence-corrected chi connectivity index (χ1v) is 7.59. The Kier molecular flexibility index (Phi) is 4.00. The Morgan fingerprint density at radius 3 is 2.71 bits per heavy atom. The van der Waals surface area contributed by atoms with Crippen molar-refractivity contribution < 1.29 is 4.79 Å². The van der Waals surface area contributed by atoms with Crippen LogP contribution in [0.1, 0.15) is 41.4 Å². The summed E-state index contributed by atoms with van der Waals surface area (Å²) < 4.78 is 0. The number of hydrogen-bond acceptors (Lipinski definition) is 3. The van der Waals surface area contributed by atoms with Crippen LogP contribution in [0.15, 0.2) is 42.6 Å². The van der Waals surface area contributed by atoms with Crippen molar-refractivity contribution in [2.75, 3.05) is 11.4 Å². The van der Waals surface area contributed by atoms with Gasteiger partial charge in [-0.1, -0.05) is 31.2 Å². The largest absolute Gasteiger partial charge is 0.366 e. The predicted octanol–water partition coefficient (Wildman–Crippen LogP) is 3.63. The first kappa shape index (κ1) is 13.8. The maximum absolute atomic E-state index is 11.6. The number of pyridine rings is 1. The van der Waals surface area contributed by atoms with Crippen LogP contribution in [0, 0.1) is 0 Å². The molecule has 3 nitrogen and oxygen atoms in total. The summed E-state index contributed by atoms with van der Waals surface area (Å²) in [6.07, 6.45) is 4.61. The van der Waals surface area contributed by atoms with E-state index in [0.717, 1.165) is 31.6 Å². The number of Topliss-reactive ketones (excluding diaryl/α,β-unsaturated/α-hetero) is 1. The van der Waals surface area contributed by atoms with Crippen molar-refractivity contribution in [2.45, 2.75) is 32.7 Å². The van der Waals surface area contributed by atoms with Gasteiger partial charge in [-0.15, -0.1) is 0 Å². The van der Waals surface area contributed by atoms with Crippen LogP contribution in [0.4, 0.5) is 5.69 Å². The Balaban J connectivity index is 1.82. The highest BCUT2D eigenvalue weighted by Crippen LogP contribution is 2.23. The number of aromatic nitrogens is 1. The van der Waals surface area contributed by atoms with E-state index in [4.69, 9.17) is 0 Å². The Bertz CT molecular complexity index is 634. The lowest BCUT2D eigenvalue weighted by Crippen LogP contribution is -2.22. The van der Waals surface area contributed by atoms with Crippen molar-refractivity contribution in [1.82, 2.24) is 4.98 Å². The predicted molar refractivity (Wildman–Crippen MR) is 84.7 cm³/mol. The van der Waals surface area contributed by atoms with E-state index >= 15 is 0 Å². The number of aryl methyl sites for hydroxylation is 1. The van der Waals surface area contributed by atoms with Crippen LogP contribution in [0.25, 0.3) is 0 Å². The first-order chi connectivity index (χ1) is 10.3. The molecule has 0 unspecified atom stereocenters. The molecule has 0 aliphatic carbocycles. The number of ketones is 1. The Hall–Kier alpha value is -2.16. The molecule has 1 aliphatic heterocycles. The Morgan fingerprint density at radius 2 is 2.00 bits per heavy atom. The normalized spacial score (nSPS) is 14.4. The molecule has 0 radical (unpaired) electrons. The highest BCUT2D eigenvalue weighted by atomic mass is 16.1. The zero-order chi connectivity index (χ0) is 14.7. The van der Waals surface area contributed by atoms with Crippen LogP contribution in [-0.2, 0) is 13.0 Å². The minimum atomic E-state index is 0.0998. The number of nitrogens with zero attached hydrogens (tertiary/aromatic N) is 2. The van der Waals surface area contributed by atoms with Crippen LogP contribution in [0.2, 0.25) is 0 Å². The molecule has 2 aromatic rings. The molecule has 3 heteroatoms. The lowest BCUT2D eigenvalue weighted by Gasteiger charge is -2.23. The van der Waals surface area contributed by atoms with Crippen LogP contribution >= 0.6 is 0 Å². The number of hydrogen-bond donors (Lipinski definition) is 0. The van der Waals surface area contributed by atoms with Gasteiger partial charge in [0.1, 0.15) is 5.69 Å². The van der Waals surface area contributed by atoms with Gasteiger partial charge in [-0.3, -0.25) is 9.78 Å². The average Bonchev–Trinajstić information content (AvgIpc) is 2.76. The quantitative estimate of drug-likeness (QED) is 0.805. The van der Waals surface area contributed by atoms with E-state index in [1.54, 1.807) is 0 Å². The van der Waals surface area contributed by atoms with Crippen LogP contribution in [0.3, 0.4) is 0 Å². The fourth-order valence-electron chi connectivity index (χ4n) is 2.84. The smallest absolute Gasteiger partial charge is 0.180 e. The number of rotatable bonds is 3. The van der Waals surface area contributed by atoms with Gasteiger partial charge in [0.25, 0.3) is 0 Å². The molecule has 0 saturated carbocycles. The lowest BCUT2D eigenvalue weighted by atomic mass is 10.0. The molecule has 108 valence electrons. The zero-order valence-corrected chi connectivity index (χ0v) is 12.4. The second-order valence-electron chi connectivity index (χ2n) is 5.47. The molecular formula is C18H20N2O. The van der Waals surface area contributed by atoms with Gasteiger partial charge in [0.2, 0.25) is 0 Å². The topological polar surface area (TPSA) is 33.2 Å². The molecule has 1 aliphatic rings. The van der Waals surface area contributed by atoms with Crippen LogP contribution < -0.4 is 4.90 Å². The summed E-state index contributed by atoms with van der Waals surface area (Å²) in [4.78, 5) is 18.3. The number of carbonyl (C=O) groups excluding carboxylic acids is 1. The summed E-state index contributed by atoms with van der Waals surface area (Å²) in [5, 5.41) is 0. The standard InChI is InChI=1S/C18H20N2O/c1-2-18(21)17-10-9-16(12-19-17)20-11-5-8-14-6-3-4-7-15(14)13-20/h3-4,6-7,9-10,12H,2,5,8,11,13H2,1H3. The second-order valence-corrected chi connectivity index (χ2v) is 5.47. The second kappa shape index (κ2) is 6.08. The summed E-state index contributed by atoms with van der Waals surface area (Å²) in [5.74, 6) is 0.0998. The summed E-state index contributed by atoms with van der Waals surface area (Å²) in [7, 11) is 0. The molecule has 1 aromatic heterocycles. The molecule has 0 fully saturated rings. The summed E-state index contributed by atoms with van der Waals surface area (Å²) in [6.45, 7) is 3.81. The third-order valence-electron chi connectivity index (χ3n) is 4.07. The minimum absolute atomic E-state index is 0.0998. The van der Waals surface area contributed by atoms with Crippen molar-refractivity contribution in [1.29, 1.82) is 0 Å². The van der Waals surface area contributed by atoms with Crippen LogP contribution in [0.5, 0.6) is 0 Å². The molecule has 0 amide bonds. The van der Waals surface area contributed by atoms with E-state index < -0.39 is 0 Å². The molecular weight excluding hydrogens is 260 g/mol. The van der Waals surface area contributed by atoms with E-state index in [9.17, 15) is 4.79 Å². The molecule has 0 spiro atoms. The van der Waals surface area contributed by atoms with Gasteiger partial charge in [0.15, 0.2) is 5.78 Å². The fraction of sp³-hybridized carbons (Fsp3) is 0.333. The monoisotopic (exact) mass is 280 g/mol. The van der Waals surface area contributed by atoms with Gasteiger partial charge in [-0.2, -0.15) is 0 Å². The minimum Gasteiger partial charge on any atom is -0.366 e. The summed E-state index contributed by atoms with van der Waals surface area (Å²) in [5.41, 5.74) is 4.50. The van der Waals surface area contributed by atoms with Crippen LogP contribution in [-0.4, -0.2) is 17.3 Å². The number of anilines is 1. The maximum atomic E-state index is 11.6. The van der Waals surface area contributed by atoms with E-state index in [-0.39, 0.29) is 5.78 Å². The number of carbonyl (C=O) groups is 1. The van der Waals surface area contributed by atoms with Crippen molar-refractivity contribution in [2.24, 2.45) is 0 Å². The average molecular weight is 280 g/mol. The Morgan fingerprint density at radius 1 is 1.19 bits per heavy atom. The third kappa shape index (κ3) is 2.97. The molecule has 21 heavy (non-hydrogen) atoms. The number of fused-ring (bicyclic) bond motifs is 1. The van der Waals surface area contributed by atoms with Gasteiger partial charge in [-0.05, 0) is 36.1 Å². The highest BCUT2D eigenvalue weighted by Gasteiger charge is 2.15. The van der Waals surface area contributed by atoms with E-state index in [1.807, 2.05) is 25.3 Å². The molecule has 0 saturated heterocycles. The number of benzene rings is 1. The SMILES string of the molecule is CCC(=O)c1ccc(N2CCCc3ccccc3C2)cn1. The molecule has 1 aromatic carbocycles. The lowest BCUT2D eigenvalue weighted by molar-refractivity contribution is 0.0983. The maximum Gasteiger partial charge on any atom is 0.180 e. The molecule has 2 heterocycles. The van der Waals surface area contributed by atoms with Gasteiger partial charge in [-0.25, -0.2) is 0 Å². The third-order valence-corrected chi connectivity index (χ3v) is 4.07. The van der Waals surface area contributed by atoms with E-state index in [1.165, 1.54) is 11.1 Å². The van der Waals surface area contributed by atoms with Gasteiger partial charge >= 0.3 is 0 Å². The van der Waals surface area contributed by atoms with Gasteiger partial charge < -0.3 is 4.90 Å². The van der Waals surface area contributed by atoms with Gasteiger partial charge in [0, 0.05) is 19.5 Å². The van der Waals surface area contributed by atoms with Crippen molar-refractivity contribution in [3.8, 4) is 0 Å². The fourth-order valence-corrected chi connectivity index (χ4v) is 2.84. The van der Waals surface area contributed by atoms with E-state index in [0.29, 0.717) is 12.1 Å². The first-order valence-electron chi connectivity index (χ1n) is 7.59. The Labute approximate surface area is 125 Å². The highest BCUT2D eigenvalue weighted by molar-refractivity contribution is 5.94. The van der Waals surface area contributed by atoms with Crippen molar-refractivity contribution >= 4 is 11.5 Å². The molecule has 0 atom stereocenters. The molecule has 3 rings (SSSR count). The van der Waals surface area contributed by atoms with Crippen molar-refractivity contribution in [3.63, 3.8) is 0 Å². The van der Waals surface area contributed by atoms with Crippen molar-refractivity contribution in [3.05, 3.63) is 59.4 Å².